The van der Waals surface area contributed by atoms with Gasteiger partial charge in [-0.1, -0.05) is 30.3 Å². The molecule has 0 aromatic heterocycles. The predicted molar refractivity (Wildman–Crippen MR) is 104 cm³/mol. The number of imide groups is 1. The van der Waals surface area contributed by atoms with Crippen LogP contribution in [-0.4, -0.2) is 76.4 Å². The summed E-state index contributed by atoms with van der Waals surface area (Å²) in [5.74, 6) is -0.448. The maximum atomic E-state index is 13.2. The summed E-state index contributed by atoms with van der Waals surface area (Å²) in [6.07, 6.45) is -0.639. The molecule has 0 saturated carbocycles. The second kappa shape index (κ2) is 6.91. The van der Waals surface area contributed by atoms with Crippen LogP contribution in [0.25, 0.3) is 0 Å². The lowest BCUT2D eigenvalue weighted by atomic mass is 10.1. The highest BCUT2D eigenvalue weighted by Gasteiger charge is 2.55. The van der Waals surface area contributed by atoms with E-state index >= 15 is 0 Å². The number of likely N-dealkylation sites (N-methyl/N-ethyl adjacent to an activating group) is 1. The number of amides is 3. The lowest BCUT2D eigenvalue weighted by Crippen LogP contribution is -2.65. The number of carbonyl (C=O) groups excluding carboxylic acids is 3. The number of aliphatic imine (C=N–C) groups is 1. The number of esters is 1. The van der Waals surface area contributed by atoms with Gasteiger partial charge in [-0.2, -0.15) is 0 Å². The number of allylic oxidation sites excluding steroid dienone is 2. The van der Waals surface area contributed by atoms with E-state index in [0.29, 0.717) is 12.5 Å². The van der Waals surface area contributed by atoms with Crippen LogP contribution < -0.4 is 0 Å². The Morgan fingerprint density at radius 2 is 1.79 bits per heavy atom. The summed E-state index contributed by atoms with van der Waals surface area (Å²) < 4.78 is 4.64. The Bertz CT molecular complexity index is 941. The number of methoxy groups -OCH3 is 1. The number of urea groups is 1. The predicted octanol–water partition coefficient (Wildman–Crippen LogP) is 1.19. The quantitative estimate of drug-likeness (QED) is 0.710. The Hall–Kier alpha value is -3.36. The van der Waals surface area contributed by atoms with Gasteiger partial charge in [0.05, 0.1) is 13.7 Å². The number of ether oxygens (including phenoxy) is 1. The Kier molecular flexibility index (Phi) is 4.52. The van der Waals surface area contributed by atoms with Crippen LogP contribution in [0.3, 0.4) is 0 Å². The highest BCUT2D eigenvalue weighted by atomic mass is 16.5. The van der Waals surface area contributed by atoms with Crippen molar-refractivity contribution in [2.45, 2.75) is 32.6 Å². The van der Waals surface area contributed by atoms with Crippen molar-refractivity contribution in [2.24, 2.45) is 4.99 Å². The van der Waals surface area contributed by atoms with E-state index in [9.17, 15) is 14.4 Å². The molecule has 9 nitrogen and oxygen atoms in total. The van der Waals surface area contributed by atoms with Gasteiger partial charge in [0.25, 0.3) is 5.91 Å². The minimum absolute atomic E-state index is 0.416. The number of hydrogen-bond acceptors (Lipinski definition) is 7. The normalized spacial score (nSPS) is 23.5. The molecule has 0 radical (unpaired) electrons. The van der Waals surface area contributed by atoms with Crippen LogP contribution in [0.4, 0.5) is 4.79 Å². The van der Waals surface area contributed by atoms with Crippen molar-refractivity contribution in [1.29, 1.82) is 0 Å². The van der Waals surface area contributed by atoms with Crippen LogP contribution >= 0.6 is 0 Å². The summed E-state index contributed by atoms with van der Waals surface area (Å²) in [4.78, 5) is 48.6. The SMILES string of the molecule is COC(=O)CN1C(=O)C2C(N=C3N(Cc4ccccc4)C(C)=C(C)N32)N(C)C1=O. The number of carbonyl (C=O) groups is 3. The topological polar surface area (TPSA) is 85.8 Å². The van der Waals surface area contributed by atoms with Crippen LogP contribution in [0, 0.1) is 0 Å². The standard InChI is InChI=1S/C20H23N5O4/c1-12-13(2)25-16-17(21-19(25)23(12)10-14-8-6-5-7-9-14)22(3)20(28)24(18(16)27)11-15(26)29-4/h5-9,16-17H,10-11H2,1-4H3. The largest absolute Gasteiger partial charge is 0.468 e. The van der Waals surface area contributed by atoms with E-state index in [1.165, 1.54) is 12.0 Å². The first-order valence-electron chi connectivity index (χ1n) is 9.36. The number of nitrogens with zero attached hydrogens (tertiary/aromatic N) is 5. The molecule has 0 N–H and O–H groups in total. The van der Waals surface area contributed by atoms with Gasteiger partial charge in [-0.05, 0) is 19.4 Å². The third-order valence-electron chi connectivity index (χ3n) is 5.70. The molecule has 29 heavy (non-hydrogen) atoms. The van der Waals surface area contributed by atoms with Crippen LogP contribution in [0.1, 0.15) is 19.4 Å². The Labute approximate surface area is 168 Å². The van der Waals surface area contributed by atoms with Gasteiger partial charge in [0, 0.05) is 18.4 Å². The molecule has 3 heterocycles. The lowest BCUT2D eigenvalue weighted by Gasteiger charge is -2.40. The number of guanidine groups is 1. The maximum absolute atomic E-state index is 13.2. The molecule has 9 heteroatoms. The smallest absolute Gasteiger partial charge is 0.328 e. The molecule has 4 rings (SSSR count). The summed E-state index contributed by atoms with van der Waals surface area (Å²) in [6, 6.07) is 8.73. The molecule has 0 spiro atoms. The molecule has 3 aliphatic rings. The third kappa shape index (κ3) is 2.84. The van der Waals surface area contributed by atoms with Gasteiger partial charge in [0.2, 0.25) is 5.96 Å². The molecule has 3 aliphatic heterocycles. The first-order chi connectivity index (χ1) is 13.8. The second-order valence-electron chi connectivity index (χ2n) is 7.29. The molecular formula is C20H23N5O4. The van der Waals surface area contributed by atoms with E-state index in [2.05, 4.69) is 9.64 Å². The van der Waals surface area contributed by atoms with Gasteiger partial charge in [-0.25, -0.2) is 9.79 Å². The van der Waals surface area contributed by atoms with Crippen LogP contribution in [0.5, 0.6) is 0 Å². The average molecular weight is 397 g/mol. The highest BCUT2D eigenvalue weighted by molar-refractivity contribution is 6.06. The fraction of sp³-hybridized carbons (Fsp3) is 0.400. The van der Waals surface area contributed by atoms with Crippen LogP contribution in [0.2, 0.25) is 0 Å². The first kappa shape index (κ1) is 19.0. The third-order valence-corrected chi connectivity index (χ3v) is 5.70. The number of rotatable bonds is 4. The van der Waals surface area contributed by atoms with Gasteiger partial charge < -0.3 is 14.5 Å². The van der Waals surface area contributed by atoms with E-state index in [4.69, 9.17) is 4.99 Å². The van der Waals surface area contributed by atoms with E-state index in [1.54, 1.807) is 7.05 Å². The van der Waals surface area contributed by atoms with E-state index < -0.39 is 36.7 Å². The number of fused-ring (bicyclic) bond motifs is 3. The average Bonchev–Trinajstić information content (AvgIpc) is 3.22. The van der Waals surface area contributed by atoms with Crippen molar-refractivity contribution < 1.29 is 19.1 Å². The summed E-state index contributed by atoms with van der Waals surface area (Å²) >= 11 is 0. The zero-order valence-corrected chi connectivity index (χ0v) is 16.8. The molecule has 1 saturated heterocycles. The lowest BCUT2D eigenvalue weighted by molar-refractivity contribution is -0.148. The maximum Gasteiger partial charge on any atom is 0.328 e. The molecule has 3 amide bonds. The summed E-state index contributed by atoms with van der Waals surface area (Å²) in [6.45, 7) is 4.12. The van der Waals surface area contributed by atoms with E-state index in [-0.39, 0.29) is 0 Å². The van der Waals surface area contributed by atoms with Crippen molar-refractivity contribution >= 4 is 23.9 Å². The first-order valence-corrected chi connectivity index (χ1v) is 9.36. The van der Waals surface area contributed by atoms with Gasteiger partial charge in [-0.15, -0.1) is 0 Å². The fourth-order valence-electron chi connectivity index (χ4n) is 3.98. The van der Waals surface area contributed by atoms with Gasteiger partial charge >= 0.3 is 12.0 Å². The zero-order valence-electron chi connectivity index (χ0n) is 16.8. The molecular weight excluding hydrogens is 374 g/mol. The van der Waals surface area contributed by atoms with E-state index in [1.807, 2.05) is 49.1 Å². The molecule has 2 unspecified atom stereocenters. The van der Waals surface area contributed by atoms with Crippen molar-refractivity contribution in [3.8, 4) is 0 Å². The van der Waals surface area contributed by atoms with Gasteiger partial charge in [-0.3, -0.25) is 19.4 Å². The Morgan fingerprint density at radius 1 is 1.10 bits per heavy atom. The Balaban J connectivity index is 1.67. The summed E-state index contributed by atoms with van der Waals surface area (Å²) in [5, 5.41) is 0. The highest BCUT2D eigenvalue weighted by Crippen LogP contribution is 2.38. The van der Waals surface area contributed by atoms with Crippen molar-refractivity contribution in [3.05, 3.63) is 47.3 Å². The molecule has 0 aliphatic carbocycles. The van der Waals surface area contributed by atoms with Crippen LogP contribution in [-0.2, 0) is 20.9 Å². The molecule has 152 valence electrons. The van der Waals surface area contributed by atoms with Gasteiger partial charge in [0.15, 0.2) is 12.2 Å². The van der Waals surface area contributed by atoms with Crippen molar-refractivity contribution in [2.75, 3.05) is 20.7 Å². The van der Waals surface area contributed by atoms with Gasteiger partial charge in [0.1, 0.15) is 6.54 Å². The molecule has 1 aromatic carbocycles. The van der Waals surface area contributed by atoms with Crippen molar-refractivity contribution in [3.63, 3.8) is 0 Å². The number of hydrogen-bond donors (Lipinski definition) is 0. The minimum atomic E-state index is -0.701. The van der Waals surface area contributed by atoms with Crippen LogP contribution in [0.15, 0.2) is 46.7 Å². The molecule has 2 atom stereocenters. The van der Waals surface area contributed by atoms with Crippen molar-refractivity contribution in [1.82, 2.24) is 19.6 Å². The zero-order chi connectivity index (χ0) is 20.9. The monoisotopic (exact) mass is 397 g/mol. The summed E-state index contributed by atoms with van der Waals surface area (Å²) in [5.41, 5.74) is 3.02. The Morgan fingerprint density at radius 3 is 2.45 bits per heavy atom. The molecule has 1 aromatic rings. The molecule has 0 bridgehead atoms. The second-order valence-corrected chi connectivity index (χ2v) is 7.29. The number of benzene rings is 1. The summed E-state index contributed by atoms with van der Waals surface area (Å²) in [7, 11) is 2.82. The van der Waals surface area contributed by atoms with E-state index in [0.717, 1.165) is 21.9 Å². The fourth-order valence-corrected chi connectivity index (χ4v) is 3.98. The minimum Gasteiger partial charge on any atom is -0.468 e. The molecule has 1 fully saturated rings.